The first-order chi connectivity index (χ1) is 6.50. The SMILES string of the molecule is C1CCCC1.C1CCNCC1.CC. The van der Waals surface area contributed by atoms with E-state index in [9.17, 15) is 0 Å². The zero-order valence-corrected chi connectivity index (χ0v) is 9.57. The highest BCUT2D eigenvalue weighted by Gasteiger charge is 1.95. The van der Waals surface area contributed by atoms with E-state index in [1.54, 1.807) is 0 Å². The molecule has 0 atom stereocenters. The van der Waals surface area contributed by atoms with Crippen LogP contribution in [0, 0.1) is 0 Å². The van der Waals surface area contributed by atoms with Crippen LogP contribution in [-0.4, -0.2) is 13.1 Å². The van der Waals surface area contributed by atoms with Gasteiger partial charge in [-0.3, -0.25) is 0 Å². The zero-order valence-electron chi connectivity index (χ0n) is 9.57. The zero-order chi connectivity index (χ0) is 9.78. The van der Waals surface area contributed by atoms with Crippen LogP contribution in [0.3, 0.4) is 0 Å². The first kappa shape index (κ1) is 13.0. The molecule has 1 aliphatic heterocycles. The van der Waals surface area contributed by atoms with Crippen molar-refractivity contribution in [3.05, 3.63) is 0 Å². The van der Waals surface area contributed by atoms with E-state index in [0.29, 0.717) is 0 Å². The smallest absolute Gasteiger partial charge is 0.00489 e. The fourth-order valence-electron chi connectivity index (χ4n) is 1.69. The minimum atomic E-state index is 1.25. The Balaban J connectivity index is 0.000000189. The number of piperidine rings is 1. The van der Waals surface area contributed by atoms with Gasteiger partial charge in [0.25, 0.3) is 0 Å². The van der Waals surface area contributed by atoms with Crippen molar-refractivity contribution in [2.24, 2.45) is 0 Å². The van der Waals surface area contributed by atoms with Gasteiger partial charge in [-0.25, -0.2) is 0 Å². The van der Waals surface area contributed by atoms with E-state index in [1.165, 1.54) is 64.5 Å². The van der Waals surface area contributed by atoms with E-state index in [1.807, 2.05) is 13.8 Å². The molecule has 13 heavy (non-hydrogen) atoms. The van der Waals surface area contributed by atoms with Crippen molar-refractivity contribution >= 4 is 0 Å². The third kappa shape index (κ3) is 9.88. The molecule has 0 amide bonds. The van der Waals surface area contributed by atoms with E-state index in [2.05, 4.69) is 5.32 Å². The molecular weight excluding hydrogens is 158 g/mol. The predicted molar refractivity (Wildman–Crippen MR) is 61.2 cm³/mol. The Morgan fingerprint density at radius 3 is 1.00 bits per heavy atom. The average molecular weight is 185 g/mol. The molecule has 0 aromatic rings. The lowest BCUT2D eigenvalue weighted by Gasteiger charge is -2.08. The molecule has 2 rings (SSSR count). The standard InChI is InChI=1S/C5H11N.C5H10.C2H6/c1-2-4-6-5-3-1;1-2-4-5-3-1;1-2/h6H,1-5H2;1-5H2;1-2H3. The van der Waals surface area contributed by atoms with E-state index in [-0.39, 0.29) is 0 Å². The summed E-state index contributed by atoms with van der Waals surface area (Å²) >= 11 is 0. The molecule has 0 aromatic carbocycles. The Morgan fingerprint density at radius 1 is 0.538 bits per heavy atom. The Kier molecular flexibility index (Phi) is 11.9. The minimum absolute atomic E-state index is 1.25. The van der Waals surface area contributed by atoms with Crippen LogP contribution in [0.1, 0.15) is 65.2 Å². The van der Waals surface area contributed by atoms with Crippen molar-refractivity contribution in [2.75, 3.05) is 13.1 Å². The second kappa shape index (κ2) is 12.0. The van der Waals surface area contributed by atoms with Gasteiger partial charge >= 0.3 is 0 Å². The lowest BCUT2D eigenvalue weighted by Crippen LogP contribution is -2.21. The van der Waals surface area contributed by atoms with Gasteiger partial charge in [-0.2, -0.15) is 0 Å². The summed E-state index contributed by atoms with van der Waals surface area (Å²) in [6.45, 7) is 6.50. The lowest BCUT2D eigenvalue weighted by molar-refractivity contribution is 0.520. The lowest BCUT2D eigenvalue weighted by atomic mass is 10.2. The van der Waals surface area contributed by atoms with Crippen molar-refractivity contribution in [2.45, 2.75) is 65.2 Å². The Bertz CT molecular complexity index is 54.1. The molecule has 80 valence electrons. The van der Waals surface area contributed by atoms with Gasteiger partial charge in [-0.05, 0) is 25.9 Å². The fourth-order valence-corrected chi connectivity index (χ4v) is 1.69. The minimum Gasteiger partial charge on any atom is -0.317 e. The molecule has 1 N–H and O–H groups in total. The van der Waals surface area contributed by atoms with E-state index in [0.717, 1.165) is 0 Å². The average Bonchev–Trinajstić information content (AvgIpc) is 2.82. The summed E-state index contributed by atoms with van der Waals surface area (Å²) in [5, 5.41) is 3.28. The number of rotatable bonds is 0. The maximum Gasteiger partial charge on any atom is -0.00489 e. The Morgan fingerprint density at radius 2 is 0.846 bits per heavy atom. The summed E-state index contributed by atoms with van der Waals surface area (Å²) in [6, 6.07) is 0. The first-order valence-electron chi connectivity index (χ1n) is 6.21. The largest absolute Gasteiger partial charge is 0.317 e. The van der Waals surface area contributed by atoms with Gasteiger partial charge < -0.3 is 5.32 Å². The fraction of sp³-hybridized carbons (Fsp3) is 1.00. The molecule has 0 aromatic heterocycles. The van der Waals surface area contributed by atoms with Gasteiger partial charge in [0.2, 0.25) is 0 Å². The molecule has 1 heterocycles. The van der Waals surface area contributed by atoms with Crippen LogP contribution in [0.2, 0.25) is 0 Å². The predicted octanol–water partition coefficient (Wildman–Crippen LogP) is 3.74. The molecule has 1 nitrogen and oxygen atoms in total. The van der Waals surface area contributed by atoms with Gasteiger partial charge in [-0.1, -0.05) is 52.4 Å². The summed E-state index contributed by atoms with van der Waals surface area (Å²) in [7, 11) is 0. The van der Waals surface area contributed by atoms with Gasteiger partial charge in [0.05, 0.1) is 0 Å². The van der Waals surface area contributed by atoms with Crippen LogP contribution in [0.5, 0.6) is 0 Å². The molecule has 0 spiro atoms. The molecule has 0 bridgehead atoms. The van der Waals surface area contributed by atoms with E-state index < -0.39 is 0 Å². The van der Waals surface area contributed by atoms with Crippen LogP contribution in [0.15, 0.2) is 0 Å². The Hall–Kier alpha value is -0.0400. The summed E-state index contributed by atoms with van der Waals surface area (Å²) in [6.07, 6.45) is 11.7. The monoisotopic (exact) mass is 185 g/mol. The van der Waals surface area contributed by atoms with Crippen molar-refractivity contribution in [3.63, 3.8) is 0 Å². The molecule has 2 fully saturated rings. The van der Waals surface area contributed by atoms with Crippen LogP contribution in [0.25, 0.3) is 0 Å². The van der Waals surface area contributed by atoms with Gasteiger partial charge in [0.15, 0.2) is 0 Å². The van der Waals surface area contributed by atoms with Crippen molar-refractivity contribution < 1.29 is 0 Å². The van der Waals surface area contributed by atoms with Gasteiger partial charge in [0.1, 0.15) is 0 Å². The molecular formula is C12H27N. The van der Waals surface area contributed by atoms with Gasteiger partial charge in [0, 0.05) is 0 Å². The highest BCUT2D eigenvalue weighted by Crippen LogP contribution is 2.15. The summed E-state index contributed by atoms with van der Waals surface area (Å²) < 4.78 is 0. The summed E-state index contributed by atoms with van der Waals surface area (Å²) in [4.78, 5) is 0. The summed E-state index contributed by atoms with van der Waals surface area (Å²) in [5.74, 6) is 0. The summed E-state index contributed by atoms with van der Waals surface area (Å²) in [5.41, 5.74) is 0. The third-order valence-electron chi connectivity index (χ3n) is 2.46. The number of hydrogen-bond donors (Lipinski definition) is 1. The molecule has 2 aliphatic rings. The normalized spacial score (nSPS) is 20.8. The maximum atomic E-state index is 3.28. The molecule has 1 saturated carbocycles. The molecule has 1 aliphatic carbocycles. The molecule has 0 unspecified atom stereocenters. The number of nitrogens with one attached hydrogen (secondary N) is 1. The van der Waals surface area contributed by atoms with Crippen LogP contribution in [-0.2, 0) is 0 Å². The van der Waals surface area contributed by atoms with Crippen LogP contribution in [0.4, 0.5) is 0 Å². The van der Waals surface area contributed by atoms with Crippen molar-refractivity contribution in [3.8, 4) is 0 Å². The molecule has 0 radical (unpaired) electrons. The maximum absolute atomic E-state index is 3.28. The Labute approximate surface area is 84.3 Å². The highest BCUT2D eigenvalue weighted by molar-refractivity contribution is 4.55. The quantitative estimate of drug-likeness (QED) is 0.606. The van der Waals surface area contributed by atoms with E-state index >= 15 is 0 Å². The highest BCUT2D eigenvalue weighted by atomic mass is 14.9. The first-order valence-corrected chi connectivity index (χ1v) is 6.21. The molecule has 1 heteroatoms. The second-order valence-corrected chi connectivity index (χ2v) is 3.58. The van der Waals surface area contributed by atoms with Crippen LogP contribution >= 0.6 is 0 Å². The van der Waals surface area contributed by atoms with E-state index in [4.69, 9.17) is 0 Å². The van der Waals surface area contributed by atoms with Crippen molar-refractivity contribution in [1.29, 1.82) is 0 Å². The number of hydrogen-bond acceptors (Lipinski definition) is 1. The van der Waals surface area contributed by atoms with Gasteiger partial charge in [-0.15, -0.1) is 0 Å². The third-order valence-corrected chi connectivity index (χ3v) is 2.46. The molecule has 1 saturated heterocycles. The second-order valence-electron chi connectivity index (χ2n) is 3.58. The van der Waals surface area contributed by atoms with Crippen molar-refractivity contribution in [1.82, 2.24) is 5.32 Å². The van der Waals surface area contributed by atoms with Crippen LogP contribution < -0.4 is 5.32 Å². The topological polar surface area (TPSA) is 12.0 Å².